The minimum Gasteiger partial charge on any atom is -0.496 e. The number of methoxy groups -OCH3 is 1. The zero-order valence-electron chi connectivity index (χ0n) is 13.1. The van der Waals surface area contributed by atoms with Gasteiger partial charge in [-0.2, -0.15) is 5.26 Å². The highest BCUT2D eigenvalue weighted by Gasteiger charge is 2.19. The minimum absolute atomic E-state index is 0.397. The Morgan fingerprint density at radius 2 is 2.00 bits per heavy atom. The predicted molar refractivity (Wildman–Crippen MR) is 92.1 cm³/mol. The van der Waals surface area contributed by atoms with E-state index in [2.05, 4.69) is 6.07 Å². The third kappa shape index (κ3) is 4.27. The van der Waals surface area contributed by atoms with Crippen LogP contribution in [-0.4, -0.2) is 13.0 Å². The number of benzene rings is 2. The summed E-state index contributed by atoms with van der Waals surface area (Å²) in [6.45, 7) is 2.01. The van der Waals surface area contributed by atoms with Crippen molar-refractivity contribution in [3.8, 4) is 11.8 Å². The number of nitrogens with zero attached hydrogens (tertiary/aromatic N) is 1. The van der Waals surface area contributed by atoms with Gasteiger partial charge in [0, 0.05) is 11.3 Å². The van der Waals surface area contributed by atoms with Gasteiger partial charge < -0.3 is 10.5 Å². The summed E-state index contributed by atoms with van der Waals surface area (Å²) in [4.78, 5) is 11.8. The highest BCUT2D eigenvalue weighted by atomic mass is 32.2. The summed E-state index contributed by atoms with van der Waals surface area (Å²) in [7, 11) is 1.63. The molecule has 0 spiro atoms. The number of ether oxygens (including phenoxy) is 1. The third-order valence-corrected chi connectivity index (χ3v) is 4.76. The molecule has 0 saturated carbocycles. The lowest BCUT2D eigenvalue weighted by Crippen LogP contribution is -2.19. The third-order valence-electron chi connectivity index (χ3n) is 3.44. The normalized spacial score (nSPS) is 11.5. The summed E-state index contributed by atoms with van der Waals surface area (Å²) in [5, 5.41) is 8.39. The summed E-state index contributed by atoms with van der Waals surface area (Å²) < 4.78 is 5.36. The first-order valence-electron chi connectivity index (χ1n) is 7.09. The van der Waals surface area contributed by atoms with Crippen molar-refractivity contribution in [2.45, 2.75) is 17.9 Å². The fourth-order valence-corrected chi connectivity index (χ4v) is 3.35. The van der Waals surface area contributed by atoms with Gasteiger partial charge >= 0.3 is 0 Å². The monoisotopic (exact) mass is 326 g/mol. The van der Waals surface area contributed by atoms with Crippen molar-refractivity contribution in [1.29, 1.82) is 5.26 Å². The van der Waals surface area contributed by atoms with Crippen LogP contribution in [0.3, 0.4) is 0 Å². The van der Waals surface area contributed by atoms with Gasteiger partial charge in [-0.05, 0) is 30.7 Å². The van der Waals surface area contributed by atoms with Gasteiger partial charge in [0.15, 0.2) is 0 Å². The molecule has 23 heavy (non-hydrogen) atoms. The van der Waals surface area contributed by atoms with Gasteiger partial charge in [0.25, 0.3) is 0 Å². The van der Waals surface area contributed by atoms with Crippen molar-refractivity contribution in [2.75, 3.05) is 7.11 Å². The van der Waals surface area contributed by atoms with Crippen LogP contribution in [0.25, 0.3) is 0 Å². The van der Waals surface area contributed by atoms with Crippen LogP contribution in [0.4, 0.5) is 0 Å². The molecule has 2 aromatic carbocycles. The van der Waals surface area contributed by atoms with E-state index in [1.807, 2.05) is 25.1 Å². The van der Waals surface area contributed by atoms with Gasteiger partial charge in [-0.25, -0.2) is 0 Å². The molecular weight excluding hydrogens is 308 g/mol. The molecule has 0 radical (unpaired) electrons. The lowest BCUT2D eigenvalue weighted by Gasteiger charge is -2.15. The Morgan fingerprint density at radius 1 is 1.30 bits per heavy atom. The first-order chi connectivity index (χ1) is 11.0. The molecule has 1 unspecified atom stereocenters. The molecule has 0 fully saturated rings. The number of amides is 1. The van der Waals surface area contributed by atoms with Gasteiger partial charge in [-0.3, -0.25) is 4.79 Å². The second-order valence-electron chi connectivity index (χ2n) is 5.14. The molecule has 0 aliphatic heterocycles. The molecule has 2 N–H and O–H groups in total. The van der Waals surface area contributed by atoms with Crippen LogP contribution in [-0.2, 0) is 10.5 Å². The van der Waals surface area contributed by atoms with Crippen molar-refractivity contribution < 1.29 is 9.53 Å². The first kappa shape index (κ1) is 16.9. The summed E-state index contributed by atoms with van der Waals surface area (Å²) in [5.41, 5.74) is 9.06. The average Bonchev–Trinajstić information content (AvgIpc) is 2.55. The van der Waals surface area contributed by atoms with Gasteiger partial charge in [-0.1, -0.05) is 29.8 Å². The van der Waals surface area contributed by atoms with E-state index in [4.69, 9.17) is 15.7 Å². The topological polar surface area (TPSA) is 76.1 Å². The molecular formula is C18H18N2O2S. The first-order valence-corrected chi connectivity index (χ1v) is 8.14. The van der Waals surface area contributed by atoms with Gasteiger partial charge in [0.1, 0.15) is 11.0 Å². The molecule has 5 heteroatoms. The number of hydrogen-bond acceptors (Lipinski definition) is 4. The van der Waals surface area contributed by atoms with Crippen LogP contribution >= 0.6 is 11.8 Å². The SMILES string of the molecule is COc1ccc(C)cc1CSC(C(N)=O)c1ccc(C#N)cc1. The quantitative estimate of drug-likeness (QED) is 0.883. The molecule has 2 rings (SSSR count). The Labute approximate surface area is 140 Å². The minimum atomic E-state index is -0.465. The molecule has 1 amide bonds. The van der Waals surface area contributed by atoms with Crippen LogP contribution in [0.1, 0.15) is 27.5 Å². The van der Waals surface area contributed by atoms with E-state index in [1.165, 1.54) is 11.8 Å². The Kier molecular flexibility index (Phi) is 5.67. The molecule has 4 nitrogen and oxygen atoms in total. The van der Waals surface area contributed by atoms with Gasteiger partial charge in [-0.15, -0.1) is 11.8 Å². The van der Waals surface area contributed by atoms with Crippen molar-refractivity contribution in [3.63, 3.8) is 0 Å². The number of aryl methyl sites for hydroxylation is 1. The molecule has 0 aliphatic rings. The molecule has 2 aromatic rings. The Hall–Kier alpha value is -2.45. The number of nitriles is 1. The highest BCUT2D eigenvalue weighted by Crippen LogP contribution is 2.34. The number of hydrogen-bond donors (Lipinski definition) is 1. The maximum absolute atomic E-state index is 11.8. The van der Waals surface area contributed by atoms with Crippen LogP contribution in [0.2, 0.25) is 0 Å². The van der Waals surface area contributed by atoms with Crippen molar-refractivity contribution >= 4 is 17.7 Å². The zero-order valence-corrected chi connectivity index (χ0v) is 13.9. The number of thioether (sulfide) groups is 1. The van der Waals surface area contributed by atoms with E-state index in [0.29, 0.717) is 11.3 Å². The Bertz CT molecular complexity index is 736. The van der Waals surface area contributed by atoms with Crippen LogP contribution < -0.4 is 10.5 Å². The van der Waals surface area contributed by atoms with Crippen LogP contribution in [0, 0.1) is 18.3 Å². The summed E-state index contributed by atoms with van der Waals surface area (Å²) in [5.74, 6) is 1.01. The fourth-order valence-electron chi connectivity index (χ4n) is 2.27. The Balaban J connectivity index is 2.19. The summed E-state index contributed by atoms with van der Waals surface area (Å²) in [6, 6.07) is 14.9. The molecule has 0 heterocycles. The maximum Gasteiger partial charge on any atom is 0.235 e. The van der Waals surface area contributed by atoms with Crippen molar-refractivity contribution in [2.24, 2.45) is 5.73 Å². The number of rotatable bonds is 6. The fraction of sp³-hybridized carbons (Fsp3) is 0.222. The molecule has 0 bridgehead atoms. The van der Waals surface area contributed by atoms with E-state index in [-0.39, 0.29) is 0 Å². The number of primary amides is 1. The Morgan fingerprint density at radius 3 is 2.57 bits per heavy atom. The van der Waals surface area contributed by atoms with Crippen molar-refractivity contribution in [3.05, 3.63) is 64.7 Å². The lowest BCUT2D eigenvalue weighted by molar-refractivity contribution is -0.117. The second kappa shape index (κ2) is 7.70. The molecule has 0 aromatic heterocycles. The second-order valence-corrected chi connectivity index (χ2v) is 6.24. The lowest BCUT2D eigenvalue weighted by atomic mass is 10.1. The van der Waals surface area contributed by atoms with Gasteiger partial charge in [0.2, 0.25) is 5.91 Å². The largest absolute Gasteiger partial charge is 0.496 e. The molecule has 0 aliphatic carbocycles. The molecule has 118 valence electrons. The summed E-state index contributed by atoms with van der Waals surface area (Å²) in [6.07, 6.45) is 0. The van der Waals surface area contributed by atoms with Crippen molar-refractivity contribution in [1.82, 2.24) is 0 Å². The number of carbonyl (C=O) groups is 1. The summed E-state index contributed by atoms with van der Waals surface area (Å²) >= 11 is 1.45. The predicted octanol–water partition coefficient (Wildman–Crippen LogP) is 3.34. The van der Waals surface area contributed by atoms with Gasteiger partial charge in [0.05, 0.1) is 18.7 Å². The average molecular weight is 326 g/mol. The van der Waals surface area contributed by atoms with E-state index in [1.54, 1.807) is 31.4 Å². The zero-order chi connectivity index (χ0) is 16.8. The smallest absolute Gasteiger partial charge is 0.235 e. The highest BCUT2D eigenvalue weighted by molar-refractivity contribution is 7.99. The van der Waals surface area contributed by atoms with E-state index < -0.39 is 11.2 Å². The number of nitrogens with two attached hydrogens (primary N) is 1. The standard InChI is InChI=1S/C18H18N2O2S/c1-12-3-8-16(22-2)15(9-12)11-23-17(18(20)21)14-6-4-13(10-19)5-7-14/h3-9,17H,11H2,1-2H3,(H2,20,21). The number of carbonyl (C=O) groups excluding carboxylic acids is 1. The van der Waals surface area contributed by atoms with E-state index in [9.17, 15) is 4.79 Å². The van der Waals surface area contributed by atoms with E-state index in [0.717, 1.165) is 22.4 Å². The maximum atomic E-state index is 11.8. The molecule has 1 atom stereocenters. The molecule has 0 saturated heterocycles. The van der Waals surface area contributed by atoms with Crippen LogP contribution in [0.15, 0.2) is 42.5 Å². The van der Waals surface area contributed by atoms with Crippen LogP contribution in [0.5, 0.6) is 5.75 Å². The van der Waals surface area contributed by atoms with E-state index >= 15 is 0 Å².